The van der Waals surface area contributed by atoms with Crippen molar-refractivity contribution in [2.75, 3.05) is 30.8 Å². The summed E-state index contributed by atoms with van der Waals surface area (Å²) >= 11 is 0. The number of nitrogens with two attached hydrogens (primary N) is 1. The largest absolute Gasteiger partial charge is 0.399 e. The standard InChI is InChI=1S/C18H23N5/c1-22-15-6-3-7-16(22)12-23(11-15)18-9-8-17(20-21-18)13-4-2-5-14(19)10-13/h2,4-5,8-10,15-16H,3,6-7,11-12,19H2,1H3. The molecule has 0 amide bonds. The van der Waals surface area contributed by atoms with Gasteiger partial charge in [0.15, 0.2) is 5.82 Å². The van der Waals surface area contributed by atoms with Crippen LogP contribution in [0.5, 0.6) is 0 Å². The highest BCUT2D eigenvalue weighted by atomic mass is 15.3. The van der Waals surface area contributed by atoms with E-state index in [1.165, 1.54) is 19.3 Å². The lowest BCUT2D eigenvalue weighted by atomic mass is 9.92. The van der Waals surface area contributed by atoms with Gasteiger partial charge in [-0.05, 0) is 44.2 Å². The molecule has 0 spiro atoms. The van der Waals surface area contributed by atoms with Crippen molar-refractivity contribution in [3.8, 4) is 11.3 Å². The van der Waals surface area contributed by atoms with Crippen LogP contribution in [0, 0.1) is 0 Å². The van der Waals surface area contributed by atoms with Crippen LogP contribution in [0.2, 0.25) is 0 Å². The topological polar surface area (TPSA) is 58.3 Å². The first-order valence-electron chi connectivity index (χ1n) is 8.37. The molecule has 0 saturated carbocycles. The van der Waals surface area contributed by atoms with Crippen molar-refractivity contribution in [3.63, 3.8) is 0 Å². The number of benzene rings is 1. The molecule has 120 valence electrons. The number of fused-ring (bicyclic) bond motifs is 2. The molecule has 2 atom stereocenters. The average Bonchev–Trinajstić information content (AvgIpc) is 2.55. The van der Waals surface area contributed by atoms with Crippen molar-refractivity contribution in [1.29, 1.82) is 0 Å². The van der Waals surface area contributed by atoms with Crippen molar-refractivity contribution >= 4 is 11.5 Å². The molecule has 3 heterocycles. The second kappa shape index (κ2) is 5.81. The number of rotatable bonds is 2. The molecule has 2 N–H and O–H groups in total. The van der Waals surface area contributed by atoms with Crippen LogP contribution in [0.15, 0.2) is 36.4 Å². The highest BCUT2D eigenvalue weighted by molar-refractivity contribution is 5.64. The molecular weight excluding hydrogens is 286 g/mol. The van der Waals surface area contributed by atoms with E-state index in [2.05, 4.69) is 33.1 Å². The number of hydrogen-bond donors (Lipinski definition) is 1. The number of nitrogens with zero attached hydrogens (tertiary/aromatic N) is 4. The first-order chi connectivity index (χ1) is 11.2. The maximum absolute atomic E-state index is 5.85. The van der Waals surface area contributed by atoms with Crippen LogP contribution in [0.25, 0.3) is 11.3 Å². The lowest BCUT2D eigenvalue weighted by molar-refractivity contribution is 0.0946. The van der Waals surface area contributed by atoms with E-state index in [0.29, 0.717) is 12.1 Å². The van der Waals surface area contributed by atoms with Gasteiger partial charge in [0.25, 0.3) is 0 Å². The highest BCUT2D eigenvalue weighted by Gasteiger charge is 2.35. The summed E-state index contributed by atoms with van der Waals surface area (Å²) in [5.41, 5.74) is 8.48. The summed E-state index contributed by atoms with van der Waals surface area (Å²) < 4.78 is 0. The Labute approximate surface area is 137 Å². The third-order valence-electron chi connectivity index (χ3n) is 5.25. The minimum atomic E-state index is 0.651. The molecule has 4 rings (SSSR count). The van der Waals surface area contributed by atoms with Gasteiger partial charge in [0.05, 0.1) is 5.69 Å². The fourth-order valence-electron chi connectivity index (χ4n) is 3.85. The first-order valence-corrected chi connectivity index (χ1v) is 8.37. The summed E-state index contributed by atoms with van der Waals surface area (Å²) in [4.78, 5) is 4.94. The molecule has 2 aliphatic rings. The van der Waals surface area contributed by atoms with Crippen molar-refractivity contribution in [2.45, 2.75) is 31.3 Å². The maximum Gasteiger partial charge on any atom is 0.151 e. The Kier molecular flexibility index (Phi) is 3.65. The number of hydrogen-bond acceptors (Lipinski definition) is 5. The first kappa shape index (κ1) is 14.5. The van der Waals surface area contributed by atoms with E-state index in [-0.39, 0.29) is 0 Å². The van der Waals surface area contributed by atoms with Crippen LogP contribution in [0.3, 0.4) is 0 Å². The van der Waals surface area contributed by atoms with E-state index in [0.717, 1.165) is 35.9 Å². The third-order valence-corrected chi connectivity index (χ3v) is 5.25. The van der Waals surface area contributed by atoms with Crippen molar-refractivity contribution in [2.24, 2.45) is 0 Å². The van der Waals surface area contributed by atoms with Crippen molar-refractivity contribution in [3.05, 3.63) is 36.4 Å². The Balaban J connectivity index is 1.54. The quantitative estimate of drug-likeness (QED) is 0.863. The van der Waals surface area contributed by atoms with Crippen LogP contribution in [-0.2, 0) is 0 Å². The number of piperazine rings is 1. The molecule has 5 heteroatoms. The number of likely N-dealkylation sites (N-methyl/N-ethyl adjacent to an activating group) is 1. The molecule has 0 aliphatic carbocycles. The molecule has 23 heavy (non-hydrogen) atoms. The van der Waals surface area contributed by atoms with Gasteiger partial charge in [0.2, 0.25) is 0 Å². The van der Waals surface area contributed by atoms with E-state index in [1.807, 2.05) is 30.3 Å². The maximum atomic E-state index is 5.85. The van der Waals surface area contributed by atoms with Gasteiger partial charge in [-0.2, -0.15) is 0 Å². The van der Waals surface area contributed by atoms with E-state index in [1.54, 1.807) is 0 Å². The lowest BCUT2D eigenvalue weighted by Gasteiger charge is -2.48. The number of nitrogen functional groups attached to an aromatic ring is 1. The third kappa shape index (κ3) is 2.77. The Morgan fingerprint density at radius 2 is 1.83 bits per heavy atom. The van der Waals surface area contributed by atoms with Crippen LogP contribution in [-0.4, -0.2) is 47.3 Å². The molecule has 1 aromatic heterocycles. The fourth-order valence-corrected chi connectivity index (χ4v) is 3.85. The van der Waals surface area contributed by atoms with E-state index in [9.17, 15) is 0 Å². The van der Waals surface area contributed by atoms with Gasteiger partial charge in [-0.3, -0.25) is 4.90 Å². The van der Waals surface area contributed by atoms with Gasteiger partial charge in [-0.1, -0.05) is 18.6 Å². The minimum absolute atomic E-state index is 0.651. The average molecular weight is 309 g/mol. The summed E-state index contributed by atoms with van der Waals surface area (Å²) in [6.07, 6.45) is 3.93. The van der Waals surface area contributed by atoms with Gasteiger partial charge < -0.3 is 10.6 Å². The summed E-state index contributed by atoms with van der Waals surface area (Å²) in [6.45, 7) is 2.11. The molecular formula is C18H23N5. The second-order valence-electron chi connectivity index (χ2n) is 6.71. The number of piperidine rings is 1. The second-order valence-corrected chi connectivity index (χ2v) is 6.71. The Bertz CT molecular complexity index is 670. The zero-order chi connectivity index (χ0) is 15.8. The molecule has 2 aromatic rings. The molecule has 2 bridgehead atoms. The Morgan fingerprint density at radius 1 is 1.04 bits per heavy atom. The number of aromatic nitrogens is 2. The van der Waals surface area contributed by atoms with Crippen LogP contribution < -0.4 is 10.6 Å². The molecule has 2 saturated heterocycles. The van der Waals surface area contributed by atoms with Gasteiger partial charge in [0, 0.05) is 36.4 Å². The van der Waals surface area contributed by atoms with E-state index < -0.39 is 0 Å². The normalized spacial score (nSPS) is 24.7. The van der Waals surface area contributed by atoms with Gasteiger partial charge in [0.1, 0.15) is 0 Å². The van der Waals surface area contributed by atoms with Crippen LogP contribution >= 0.6 is 0 Å². The smallest absolute Gasteiger partial charge is 0.151 e. The zero-order valence-electron chi connectivity index (χ0n) is 13.5. The zero-order valence-corrected chi connectivity index (χ0v) is 13.5. The molecule has 2 aliphatic heterocycles. The fraction of sp³-hybridized carbons (Fsp3) is 0.444. The summed E-state index contributed by atoms with van der Waals surface area (Å²) in [5, 5.41) is 8.89. The van der Waals surface area contributed by atoms with Crippen LogP contribution in [0.1, 0.15) is 19.3 Å². The molecule has 2 fully saturated rings. The SMILES string of the molecule is CN1C2CCCC1CN(c1ccc(-c3cccc(N)c3)nn1)C2. The molecule has 0 radical (unpaired) electrons. The highest BCUT2D eigenvalue weighted by Crippen LogP contribution is 2.29. The predicted octanol–water partition coefficient (Wildman–Crippen LogP) is 2.40. The van der Waals surface area contributed by atoms with Gasteiger partial charge in [-0.25, -0.2) is 0 Å². The minimum Gasteiger partial charge on any atom is -0.399 e. The lowest BCUT2D eigenvalue weighted by Crippen LogP contribution is -2.59. The Morgan fingerprint density at radius 3 is 2.48 bits per heavy atom. The summed E-state index contributed by atoms with van der Waals surface area (Å²) in [6, 6.07) is 13.2. The predicted molar refractivity (Wildman–Crippen MR) is 93.3 cm³/mol. The summed E-state index contributed by atoms with van der Waals surface area (Å²) in [7, 11) is 2.26. The number of anilines is 2. The molecule has 5 nitrogen and oxygen atoms in total. The summed E-state index contributed by atoms with van der Waals surface area (Å²) in [5.74, 6) is 0.989. The van der Waals surface area contributed by atoms with Gasteiger partial charge in [-0.15, -0.1) is 10.2 Å². The Hall–Kier alpha value is -2.14. The molecule has 2 unspecified atom stereocenters. The monoisotopic (exact) mass is 309 g/mol. The van der Waals surface area contributed by atoms with Crippen LogP contribution in [0.4, 0.5) is 11.5 Å². The van der Waals surface area contributed by atoms with Gasteiger partial charge >= 0.3 is 0 Å². The van der Waals surface area contributed by atoms with Crippen molar-refractivity contribution < 1.29 is 0 Å². The van der Waals surface area contributed by atoms with E-state index >= 15 is 0 Å². The van der Waals surface area contributed by atoms with Crippen molar-refractivity contribution in [1.82, 2.24) is 15.1 Å². The van der Waals surface area contributed by atoms with E-state index in [4.69, 9.17) is 5.73 Å². The molecule has 1 aromatic carbocycles.